The minimum Gasteiger partial charge on any atom is -0.379 e. The third-order valence-electron chi connectivity index (χ3n) is 5.80. The Morgan fingerprint density at radius 1 is 1.39 bits per heavy atom. The highest BCUT2D eigenvalue weighted by Gasteiger charge is 2.53. The van der Waals surface area contributed by atoms with Crippen LogP contribution in [0.25, 0.3) is 0 Å². The lowest BCUT2D eigenvalue weighted by molar-refractivity contribution is -0.170. The molecule has 0 spiro atoms. The molecule has 7 nitrogen and oxygen atoms in total. The van der Waals surface area contributed by atoms with Gasteiger partial charge in [0.1, 0.15) is 29.2 Å². The molecule has 2 aliphatic rings. The summed E-state index contributed by atoms with van der Waals surface area (Å²) in [5.74, 6) is -4.27. The summed E-state index contributed by atoms with van der Waals surface area (Å²) in [6.45, 7) is 0.532. The first-order valence-electron chi connectivity index (χ1n) is 10.1. The number of hydrogen-bond donors (Lipinski definition) is 2. The fourth-order valence-electron chi connectivity index (χ4n) is 4.05. The second kappa shape index (κ2) is 8.68. The van der Waals surface area contributed by atoms with Gasteiger partial charge in [-0.1, -0.05) is 11.8 Å². The molecule has 2 aliphatic heterocycles. The maximum atomic E-state index is 15.0. The molecule has 0 radical (unpaired) electrons. The van der Waals surface area contributed by atoms with Crippen LogP contribution in [0.5, 0.6) is 0 Å². The highest BCUT2D eigenvalue weighted by atomic mass is 32.2. The van der Waals surface area contributed by atoms with E-state index in [1.807, 2.05) is 6.07 Å². The molecule has 11 heteroatoms. The number of carbonyl (C=O) groups excluding carboxylic acids is 1. The lowest BCUT2D eigenvalue weighted by Gasteiger charge is -2.47. The molecule has 0 bridgehead atoms. The zero-order valence-corrected chi connectivity index (χ0v) is 18.3. The van der Waals surface area contributed by atoms with Crippen molar-refractivity contribution >= 4 is 28.5 Å². The van der Waals surface area contributed by atoms with Gasteiger partial charge in [0.05, 0.1) is 12.2 Å². The Labute approximate surface area is 192 Å². The van der Waals surface area contributed by atoms with Gasteiger partial charge in [0.15, 0.2) is 5.17 Å². The minimum atomic E-state index is -3.05. The fourth-order valence-corrected chi connectivity index (χ4v) is 5.06. The number of aromatic nitrogens is 1. The quantitative estimate of drug-likeness (QED) is 0.698. The monoisotopic (exact) mass is 475 g/mol. The van der Waals surface area contributed by atoms with E-state index in [4.69, 9.17) is 15.7 Å². The summed E-state index contributed by atoms with van der Waals surface area (Å²) in [6, 6.07) is 8.75. The number of thioether (sulfide) groups is 1. The van der Waals surface area contributed by atoms with Gasteiger partial charge in [-0.15, -0.1) is 0 Å². The first-order chi connectivity index (χ1) is 15.6. The summed E-state index contributed by atoms with van der Waals surface area (Å²) in [5.41, 5.74) is 5.41. The molecule has 172 valence electrons. The van der Waals surface area contributed by atoms with Crippen LogP contribution in [-0.4, -0.2) is 40.4 Å². The summed E-state index contributed by atoms with van der Waals surface area (Å²) in [5, 5.41) is 11.7. The molecule has 33 heavy (non-hydrogen) atoms. The van der Waals surface area contributed by atoms with Crippen molar-refractivity contribution in [1.29, 1.82) is 5.26 Å². The molecule has 4 rings (SSSR count). The number of amides is 1. The number of nitrogens with zero attached hydrogens (tertiary/aromatic N) is 3. The number of pyridine rings is 1. The maximum absolute atomic E-state index is 15.0. The van der Waals surface area contributed by atoms with Crippen LogP contribution in [-0.2, 0) is 10.3 Å². The van der Waals surface area contributed by atoms with Crippen LogP contribution in [0.1, 0.15) is 35.0 Å². The van der Waals surface area contributed by atoms with E-state index in [-0.39, 0.29) is 35.1 Å². The van der Waals surface area contributed by atoms with E-state index in [1.54, 1.807) is 0 Å². The first-order valence-corrected chi connectivity index (χ1v) is 11.1. The molecule has 0 saturated carbocycles. The second-order valence-electron chi connectivity index (χ2n) is 8.07. The average molecular weight is 475 g/mol. The van der Waals surface area contributed by atoms with E-state index < -0.39 is 35.2 Å². The zero-order chi connectivity index (χ0) is 23.8. The van der Waals surface area contributed by atoms with Crippen LogP contribution in [0.15, 0.2) is 41.5 Å². The van der Waals surface area contributed by atoms with Crippen LogP contribution in [0.3, 0.4) is 0 Å². The number of halogens is 3. The van der Waals surface area contributed by atoms with Gasteiger partial charge >= 0.3 is 0 Å². The molecule has 1 unspecified atom stereocenters. The molecule has 0 aliphatic carbocycles. The number of anilines is 1. The van der Waals surface area contributed by atoms with Gasteiger partial charge in [-0.05, 0) is 36.8 Å². The Morgan fingerprint density at radius 3 is 2.85 bits per heavy atom. The summed E-state index contributed by atoms with van der Waals surface area (Å²) in [4.78, 5) is 21.0. The van der Waals surface area contributed by atoms with Crippen molar-refractivity contribution < 1.29 is 22.7 Å². The van der Waals surface area contributed by atoms with Crippen molar-refractivity contribution in [3.05, 3.63) is 59.2 Å². The van der Waals surface area contributed by atoms with Crippen LogP contribution in [0.4, 0.5) is 18.9 Å². The van der Waals surface area contributed by atoms with Crippen molar-refractivity contribution in [3.8, 4) is 6.07 Å². The van der Waals surface area contributed by atoms with Crippen LogP contribution in [0.2, 0.25) is 0 Å². The van der Waals surface area contributed by atoms with E-state index in [1.165, 1.54) is 48.3 Å². The normalized spacial score (nSPS) is 24.9. The molecule has 2 aromatic rings. The van der Waals surface area contributed by atoms with Gasteiger partial charge in [0, 0.05) is 36.0 Å². The summed E-state index contributed by atoms with van der Waals surface area (Å²) < 4.78 is 48.4. The number of fused-ring (bicyclic) bond motifs is 1. The van der Waals surface area contributed by atoms with E-state index in [9.17, 15) is 13.6 Å². The lowest BCUT2D eigenvalue weighted by Crippen LogP contribution is -2.53. The highest BCUT2D eigenvalue weighted by molar-refractivity contribution is 8.13. The minimum absolute atomic E-state index is 0.0154. The number of hydrogen-bond acceptors (Lipinski definition) is 7. The van der Waals surface area contributed by atoms with Crippen LogP contribution >= 0.6 is 11.8 Å². The van der Waals surface area contributed by atoms with E-state index in [2.05, 4.69) is 15.3 Å². The number of amidine groups is 1. The van der Waals surface area contributed by atoms with Crippen molar-refractivity contribution in [1.82, 2.24) is 4.98 Å². The summed E-state index contributed by atoms with van der Waals surface area (Å²) in [6.07, 6.45) is -0.0529. The van der Waals surface area contributed by atoms with Crippen molar-refractivity contribution in [2.24, 2.45) is 16.6 Å². The average Bonchev–Trinajstić information content (AvgIpc) is 2.79. The molecule has 3 atom stereocenters. The number of rotatable bonds is 4. The number of alkyl halides is 2. The molecule has 3 heterocycles. The second-order valence-corrected chi connectivity index (χ2v) is 9.11. The molecular weight excluding hydrogens is 455 g/mol. The Kier molecular flexibility index (Phi) is 6.07. The van der Waals surface area contributed by atoms with E-state index >= 15 is 4.39 Å². The Balaban J connectivity index is 1.66. The van der Waals surface area contributed by atoms with Gasteiger partial charge in [-0.2, -0.15) is 5.26 Å². The molecule has 1 fully saturated rings. The van der Waals surface area contributed by atoms with Crippen LogP contribution < -0.4 is 11.1 Å². The Morgan fingerprint density at radius 2 is 2.18 bits per heavy atom. The molecular formula is C22H20F3N5O2S. The smallest absolute Gasteiger partial charge is 0.274 e. The van der Waals surface area contributed by atoms with Crippen molar-refractivity contribution in [2.75, 3.05) is 17.7 Å². The maximum Gasteiger partial charge on any atom is 0.274 e. The van der Waals surface area contributed by atoms with E-state index in [0.717, 1.165) is 6.92 Å². The zero-order valence-electron chi connectivity index (χ0n) is 17.5. The standard InChI is InChI=1S/C22H20F3N5O2S/c1-21(24,25)18-6-13-10-33-20(27)30-22(13,11-32-18)15-7-14(3-4-16(15)23)29-19(31)17-5-2-12(8-26)9-28-17/h2-5,7,9,13,18H,6,10-11H2,1H3,(H2,27,30)(H,29,31)/t13-,18?,22-/m0/s1. The van der Waals surface area contributed by atoms with Gasteiger partial charge < -0.3 is 15.8 Å². The third kappa shape index (κ3) is 4.54. The largest absolute Gasteiger partial charge is 0.379 e. The van der Waals surface area contributed by atoms with Gasteiger partial charge in [0.2, 0.25) is 0 Å². The summed E-state index contributed by atoms with van der Waals surface area (Å²) in [7, 11) is 0. The van der Waals surface area contributed by atoms with Crippen molar-refractivity contribution in [2.45, 2.75) is 30.9 Å². The SMILES string of the molecule is CC(F)(F)C1C[C@H]2CSC(N)=N[C@@]2(c2cc(NC(=O)c3ccc(C#N)cn3)ccc2F)CO1. The number of benzene rings is 1. The van der Waals surface area contributed by atoms with Crippen molar-refractivity contribution in [3.63, 3.8) is 0 Å². The number of carbonyl (C=O) groups is 1. The number of aliphatic imine (C=N–C) groups is 1. The predicted octanol–water partition coefficient (Wildman–Crippen LogP) is 3.66. The molecule has 1 aromatic heterocycles. The Bertz CT molecular complexity index is 1150. The third-order valence-corrected chi connectivity index (χ3v) is 6.76. The molecule has 1 amide bonds. The summed E-state index contributed by atoms with van der Waals surface area (Å²) >= 11 is 1.23. The van der Waals surface area contributed by atoms with Crippen LogP contribution in [0, 0.1) is 23.1 Å². The number of nitriles is 1. The molecule has 1 aromatic carbocycles. The fraction of sp³-hybridized carbons (Fsp3) is 0.364. The first kappa shape index (κ1) is 23.1. The number of nitrogens with two attached hydrogens (primary N) is 1. The topological polar surface area (TPSA) is 113 Å². The lowest BCUT2D eigenvalue weighted by atomic mass is 9.74. The molecule has 1 saturated heterocycles. The number of ether oxygens (including phenoxy) is 1. The van der Waals surface area contributed by atoms with Gasteiger partial charge in [-0.25, -0.2) is 23.1 Å². The molecule has 3 N–H and O–H groups in total. The van der Waals surface area contributed by atoms with Gasteiger partial charge in [-0.3, -0.25) is 4.79 Å². The number of nitrogens with one attached hydrogen (secondary N) is 1. The highest BCUT2D eigenvalue weighted by Crippen LogP contribution is 2.49. The van der Waals surface area contributed by atoms with E-state index in [0.29, 0.717) is 11.3 Å². The Hall–Kier alpha value is -3.10. The van der Waals surface area contributed by atoms with Gasteiger partial charge in [0.25, 0.3) is 11.8 Å². The predicted molar refractivity (Wildman–Crippen MR) is 118 cm³/mol.